The number of carboxylic acid groups (broad SMARTS) is 1. The third-order valence-electron chi connectivity index (χ3n) is 3.50. The van der Waals surface area contributed by atoms with Crippen molar-refractivity contribution in [3.63, 3.8) is 0 Å². The quantitative estimate of drug-likeness (QED) is 0.874. The molecule has 0 amide bonds. The zero-order valence-corrected chi connectivity index (χ0v) is 12.9. The molecule has 1 N–H and O–H groups in total. The first-order valence-electron chi connectivity index (χ1n) is 6.75. The van der Waals surface area contributed by atoms with E-state index in [1.54, 1.807) is 0 Å². The third-order valence-corrected chi connectivity index (χ3v) is 4.67. The van der Waals surface area contributed by atoms with Gasteiger partial charge in [0.15, 0.2) is 5.16 Å². The number of aromatic nitrogens is 2. The molecular weight excluding hydrogens is 312 g/mol. The van der Waals surface area contributed by atoms with E-state index in [-0.39, 0.29) is 5.75 Å². The molecule has 1 aliphatic rings. The summed E-state index contributed by atoms with van der Waals surface area (Å²) in [4.78, 5) is 15.4. The minimum absolute atomic E-state index is 0.000272. The zero-order valence-electron chi connectivity index (χ0n) is 11.3. The lowest BCUT2D eigenvalue weighted by Gasteiger charge is -2.25. The van der Waals surface area contributed by atoms with Crippen LogP contribution in [-0.2, 0) is 9.53 Å². The number of fused-ring (bicyclic) bond motifs is 1. The second-order valence-electron chi connectivity index (χ2n) is 4.92. The van der Waals surface area contributed by atoms with E-state index in [2.05, 4.69) is 9.55 Å². The van der Waals surface area contributed by atoms with Crippen molar-refractivity contribution in [2.45, 2.75) is 24.0 Å². The van der Waals surface area contributed by atoms with Crippen LogP contribution in [0.2, 0.25) is 5.02 Å². The van der Waals surface area contributed by atoms with E-state index in [0.29, 0.717) is 11.1 Å². The molecule has 3 rings (SSSR count). The summed E-state index contributed by atoms with van der Waals surface area (Å²) in [6.45, 7) is 1.45. The van der Waals surface area contributed by atoms with Crippen LogP contribution >= 0.6 is 23.4 Å². The number of carboxylic acids is 1. The highest BCUT2D eigenvalue weighted by Crippen LogP contribution is 2.33. The van der Waals surface area contributed by atoms with Gasteiger partial charge in [-0.1, -0.05) is 23.4 Å². The summed E-state index contributed by atoms with van der Waals surface area (Å²) in [7, 11) is 0. The number of hydrogen-bond acceptors (Lipinski definition) is 4. The number of benzene rings is 1. The largest absolute Gasteiger partial charge is 0.481 e. The fourth-order valence-electron chi connectivity index (χ4n) is 2.57. The van der Waals surface area contributed by atoms with Gasteiger partial charge in [-0.2, -0.15) is 0 Å². The van der Waals surface area contributed by atoms with Crippen LogP contribution in [-0.4, -0.2) is 39.6 Å². The summed E-state index contributed by atoms with van der Waals surface area (Å²) in [6, 6.07) is 5.90. The number of aliphatic carboxylic acids is 1. The van der Waals surface area contributed by atoms with Crippen molar-refractivity contribution < 1.29 is 14.6 Å². The molecule has 1 aromatic carbocycles. The van der Waals surface area contributed by atoms with Crippen molar-refractivity contribution >= 4 is 40.4 Å². The summed E-state index contributed by atoms with van der Waals surface area (Å²) in [5.41, 5.74) is 1.81. The molecule has 1 fully saturated rings. The van der Waals surface area contributed by atoms with Crippen LogP contribution in [0.5, 0.6) is 0 Å². The van der Waals surface area contributed by atoms with Gasteiger partial charge >= 0.3 is 5.97 Å². The van der Waals surface area contributed by atoms with Gasteiger partial charge in [-0.15, -0.1) is 0 Å². The van der Waals surface area contributed by atoms with Crippen LogP contribution in [0.3, 0.4) is 0 Å². The normalized spacial score (nSPS) is 16.4. The van der Waals surface area contributed by atoms with E-state index < -0.39 is 5.97 Å². The highest BCUT2D eigenvalue weighted by atomic mass is 35.5. The van der Waals surface area contributed by atoms with E-state index in [4.69, 9.17) is 21.4 Å². The number of ether oxygens (including phenoxy) is 1. The Morgan fingerprint density at radius 2 is 2.24 bits per heavy atom. The Balaban J connectivity index is 2.03. The van der Waals surface area contributed by atoms with Crippen LogP contribution < -0.4 is 0 Å². The number of nitrogens with zero attached hydrogens (tertiary/aromatic N) is 2. The first-order valence-corrected chi connectivity index (χ1v) is 8.11. The number of halogens is 1. The minimum atomic E-state index is -0.844. The Kier molecular flexibility index (Phi) is 4.37. The summed E-state index contributed by atoms with van der Waals surface area (Å²) < 4.78 is 7.55. The Bertz CT molecular complexity index is 668. The second kappa shape index (κ2) is 6.25. The maximum atomic E-state index is 10.8. The van der Waals surface area contributed by atoms with Crippen molar-refractivity contribution in [2.75, 3.05) is 19.0 Å². The molecule has 0 spiro atoms. The van der Waals surface area contributed by atoms with Crippen LogP contribution in [0.25, 0.3) is 11.0 Å². The Hall–Kier alpha value is -1.24. The Morgan fingerprint density at radius 1 is 1.48 bits per heavy atom. The van der Waals surface area contributed by atoms with Gasteiger partial charge in [0, 0.05) is 24.3 Å². The van der Waals surface area contributed by atoms with Gasteiger partial charge in [-0.3, -0.25) is 4.79 Å². The fraction of sp³-hybridized carbons (Fsp3) is 0.429. The maximum Gasteiger partial charge on any atom is 0.313 e. The lowest BCUT2D eigenvalue weighted by molar-refractivity contribution is -0.133. The van der Waals surface area contributed by atoms with Crippen molar-refractivity contribution in [2.24, 2.45) is 0 Å². The van der Waals surface area contributed by atoms with Crippen LogP contribution in [0, 0.1) is 0 Å². The molecule has 0 unspecified atom stereocenters. The van der Waals surface area contributed by atoms with Crippen molar-refractivity contribution in [1.29, 1.82) is 0 Å². The zero-order chi connectivity index (χ0) is 14.8. The lowest BCUT2D eigenvalue weighted by atomic mass is 10.1. The van der Waals surface area contributed by atoms with Gasteiger partial charge in [-0.05, 0) is 31.0 Å². The number of carbonyl (C=O) groups is 1. The topological polar surface area (TPSA) is 64.3 Å². The van der Waals surface area contributed by atoms with Gasteiger partial charge in [0.05, 0.1) is 16.8 Å². The predicted molar refractivity (Wildman–Crippen MR) is 82.2 cm³/mol. The van der Waals surface area contributed by atoms with E-state index >= 15 is 0 Å². The molecule has 21 heavy (non-hydrogen) atoms. The first kappa shape index (κ1) is 14.7. The fourth-order valence-corrected chi connectivity index (χ4v) is 3.54. The van der Waals surface area contributed by atoms with Gasteiger partial charge in [0.25, 0.3) is 0 Å². The molecule has 2 heterocycles. The molecular formula is C14H15ClN2O3S. The predicted octanol–water partition coefficient (Wildman–Crippen LogP) is 3.22. The SMILES string of the molecule is O=C(O)CSc1nc2cc(Cl)ccc2n1C1CCOCC1. The summed E-state index contributed by atoms with van der Waals surface area (Å²) in [6.07, 6.45) is 1.82. The van der Waals surface area contributed by atoms with Gasteiger partial charge in [-0.25, -0.2) is 4.98 Å². The first-order chi connectivity index (χ1) is 10.1. The third kappa shape index (κ3) is 3.17. The van der Waals surface area contributed by atoms with Crippen molar-refractivity contribution in [3.8, 4) is 0 Å². The lowest BCUT2D eigenvalue weighted by Crippen LogP contribution is -2.20. The highest BCUT2D eigenvalue weighted by molar-refractivity contribution is 7.99. The number of rotatable bonds is 4. The second-order valence-corrected chi connectivity index (χ2v) is 6.30. The van der Waals surface area contributed by atoms with Crippen LogP contribution in [0.15, 0.2) is 23.4 Å². The molecule has 0 bridgehead atoms. The molecule has 0 aliphatic carbocycles. The smallest absolute Gasteiger partial charge is 0.313 e. The highest BCUT2D eigenvalue weighted by Gasteiger charge is 2.22. The van der Waals surface area contributed by atoms with Crippen molar-refractivity contribution in [3.05, 3.63) is 23.2 Å². The average molecular weight is 327 g/mol. The molecule has 1 aliphatic heterocycles. The van der Waals surface area contributed by atoms with Crippen molar-refractivity contribution in [1.82, 2.24) is 9.55 Å². The monoisotopic (exact) mass is 326 g/mol. The summed E-state index contributed by atoms with van der Waals surface area (Å²) in [5.74, 6) is -0.844. The molecule has 112 valence electrons. The summed E-state index contributed by atoms with van der Waals surface area (Å²) >= 11 is 7.27. The maximum absolute atomic E-state index is 10.8. The van der Waals surface area contributed by atoms with E-state index in [9.17, 15) is 4.79 Å². The molecule has 1 saturated heterocycles. The molecule has 5 nitrogen and oxygen atoms in total. The molecule has 2 aromatic rings. The van der Waals surface area contributed by atoms with E-state index in [1.165, 1.54) is 11.8 Å². The molecule has 0 radical (unpaired) electrons. The minimum Gasteiger partial charge on any atom is -0.481 e. The van der Waals surface area contributed by atoms with Gasteiger partial charge in [0.2, 0.25) is 0 Å². The number of imidazole rings is 1. The molecule has 7 heteroatoms. The van der Waals surface area contributed by atoms with Gasteiger partial charge < -0.3 is 14.4 Å². The Morgan fingerprint density at radius 3 is 2.95 bits per heavy atom. The van der Waals surface area contributed by atoms with Crippen LogP contribution in [0.1, 0.15) is 18.9 Å². The van der Waals surface area contributed by atoms with Gasteiger partial charge in [0.1, 0.15) is 0 Å². The average Bonchev–Trinajstić information content (AvgIpc) is 2.83. The van der Waals surface area contributed by atoms with E-state index in [1.807, 2.05) is 18.2 Å². The summed E-state index contributed by atoms with van der Waals surface area (Å²) in [5, 5.41) is 10.3. The number of thioether (sulfide) groups is 1. The molecule has 0 saturated carbocycles. The van der Waals surface area contributed by atoms with Crippen LogP contribution in [0.4, 0.5) is 0 Å². The molecule has 1 aromatic heterocycles. The Labute approximate surface area is 131 Å². The van der Waals surface area contributed by atoms with E-state index in [0.717, 1.165) is 42.2 Å². The standard InChI is InChI=1S/C14H15ClN2O3S/c15-9-1-2-12-11(7-9)16-14(21-8-13(18)19)17(12)10-3-5-20-6-4-10/h1-2,7,10H,3-6,8H2,(H,18,19). The number of hydrogen-bond donors (Lipinski definition) is 1. The molecule has 0 atom stereocenters.